The fourth-order valence-electron chi connectivity index (χ4n) is 2.27. The Kier molecular flexibility index (Phi) is 4.49. The lowest BCUT2D eigenvalue weighted by Crippen LogP contribution is -2.44. The number of nitrogens with one attached hydrogen (secondary N) is 2. The minimum Gasteiger partial charge on any atom is -0.481 e. The number of benzene rings is 1. The van der Waals surface area contributed by atoms with Crippen molar-refractivity contribution >= 4 is 22.8 Å². The number of rotatable bonds is 5. The van der Waals surface area contributed by atoms with Crippen molar-refractivity contribution in [1.82, 2.24) is 10.3 Å². The summed E-state index contributed by atoms with van der Waals surface area (Å²) in [7, 11) is 0. The molecule has 0 atom stereocenters. The highest BCUT2D eigenvalue weighted by Crippen LogP contribution is 2.18. The lowest BCUT2D eigenvalue weighted by atomic mass is 9.97. The molecule has 0 aliphatic carbocycles. The zero-order chi connectivity index (χ0) is 17.2. The summed E-state index contributed by atoms with van der Waals surface area (Å²) in [5.74, 6) is -2.04. The van der Waals surface area contributed by atoms with E-state index in [9.17, 15) is 18.8 Å². The third-order valence-electron chi connectivity index (χ3n) is 3.47. The van der Waals surface area contributed by atoms with Crippen LogP contribution < -0.4 is 10.9 Å². The fraction of sp³-hybridized carbons (Fsp3) is 0.312. The number of carbonyl (C=O) groups excluding carboxylic acids is 1. The van der Waals surface area contributed by atoms with Crippen LogP contribution in [0, 0.1) is 5.82 Å². The van der Waals surface area contributed by atoms with E-state index in [0.717, 1.165) is 6.07 Å². The number of carboxylic acids is 1. The monoisotopic (exact) mass is 320 g/mol. The molecule has 1 heterocycles. The number of pyridine rings is 1. The van der Waals surface area contributed by atoms with Crippen molar-refractivity contribution < 1.29 is 19.1 Å². The Bertz CT molecular complexity index is 826. The van der Waals surface area contributed by atoms with E-state index in [1.54, 1.807) is 13.8 Å². The second-order valence-corrected chi connectivity index (χ2v) is 5.97. The number of H-pyrrole nitrogens is 1. The van der Waals surface area contributed by atoms with Crippen molar-refractivity contribution in [3.05, 3.63) is 46.0 Å². The lowest BCUT2D eigenvalue weighted by Gasteiger charge is -2.26. The topological polar surface area (TPSA) is 99.3 Å². The van der Waals surface area contributed by atoms with Crippen LogP contribution in [0.15, 0.2) is 29.1 Å². The number of carbonyl (C=O) groups is 2. The molecule has 0 saturated carbocycles. The van der Waals surface area contributed by atoms with Crippen LogP contribution in [0.2, 0.25) is 0 Å². The second kappa shape index (κ2) is 6.20. The van der Waals surface area contributed by atoms with E-state index in [1.165, 1.54) is 18.2 Å². The number of hydrogen-bond acceptors (Lipinski definition) is 3. The molecule has 0 aliphatic heterocycles. The highest BCUT2D eigenvalue weighted by molar-refractivity contribution is 6.06. The van der Waals surface area contributed by atoms with E-state index in [4.69, 9.17) is 5.11 Å². The zero-order valence-corrected chi connectivity index (χ0v) is 12.8. The fourth-order valence-corrected chi connectivity index (χ4v) is 2.27. The van der Waals surface area contributed by atoms with Crippen LogP contribution in [0.4, 0.5) is 4.39 Å². The van der Waals surface area contributed by atoms with Crippen molar-refractivity contribution in [1.29, 1.82) is 0 Å². The van der Waals surface area contributed by atoms with Crippen LogP contribution in [0.3, 0.4) is 0 Å². The molecule has 0 radical (unpaired) electrons. The predicted octanol–water partition coefficient (Wildman–Crippen LogP) is 2.04. The van der Waals surface area contributed by atoms with Gasteiger partial charge in [0.2, 0.25) is 5.56 Å². The first kappa shape index (κ1) is 16.7. The Balaban J connectivity index is 2.35. The number of halogens is 1. The van der Waals surface area contributed by atoms with Gasteiger partial charge in [-0.1, -0.05) is 0 Å². The van der Waals surface area contributed by atoms with Crippen molar-refractivity contribution in [2.45, 2.75) is 32.2 Å². The number of carboxylic acid groups (broad SMARTS) is 1. The number of fused-ring (bicyclic) bond motifs is 1. The van der Waals surface area contributed by atoms with Gasteiger partial charge in [0.05, 0.1) is 5.56 Å². The molecule has 23 heavy (non-hydrogen) atoms. The minimum atomic E-state index is -0.962. The first-order valence-corrected chi connectivity index (χ1v) is 7.05. The summed E-state index contributed by atoms with van der Waals surface area (Å²) in [5, 5.41) is 11.7. The second-order valence-electron chi connectivity index (χ2n) is 5.97. The van der Waals surface area contributed by atoms with E-state index in [2.05, 4.69) is 10.3 Å². The molecule has 0 bridgehead atoms. The number of hydrogen-bond donors (Lipinski definition) is 3. The summed E-state index contributed by atoms with van der Waals surface area (Å²) in [5.41, 5.74) is -0.853. The first-order valence-electron chi connectivity index (χ1n) is 7.05. The van der Waals surface area contributed by atoms with Crippen LogP contribution in [0.25, 0.3) is 10.9 Å². The van der Waals surface area contributed by atoms with Gasteiger partial charge in [-0.2, -0.15) is 0 Å². The van der Waals surface area contributed by atoms with Gasteiger partial charge in [0, 0.05) is 28.9 Å². The van der Waals surface area contributed by atoms with E-state index < -0.39 is 28.8 Å². The first-order chi connectivity index (χ1) is 10.7. The quantitative estimate of drug-likeness (QED) is 0.785. The Morgan fingerprint density at radius 2 is 2.00 bits per heavy atom. The van der Waals surface area contributed by atoms with Crippen LogP contribution in [0.5, 0.6) is 0 Å². The molecule has 1 aromatic heterocycles. The Hall–Kier alpha value is -2.70. The van der Waals surface area contributed by atoms with Crippen LogP contribution in [0.1, 0.15) is 37.0 Å². The summed E-state index contributed by atoms with van der Waals surface area (Å²) in [6.07, 6.45) is 0.127. The molecule has 1 amide bonds. The SMILES string of the molecule is CC(C)(CCC(=O)O)NC(=O)c1cc(=O)[nH]c2ccc(F)cc12. The minimum absolute atomic E-state index is 0.0478. The van der Waals surface area contributed by atoms with Gasteiger partial charge in [0.1, 0.15) is 5.82 Å². The van der Waals surface area contributed by atoms with Gasteiger partial charge < -0.3 is 15.4 Å². The maximum Gasteiger partial charge on any atom is 0.303 e. The molecule has 1 aromatic carbocycles. The lowest BCUT2D eigenvalue weighted by molar-refractivity contribution is -0.137. The third kappa shape index (κ3) is 4.15. The summed E-state index contributed by atoms with van der Waals surface area (Å²) < 4.78 is 13.4. The van der Waals surface area contributed by atoms with Gasteiger partial charge in [-0.05, 0) is 38.5 Å². The van der Waals surface area contributed by atoms with Crippen molar-refractivity contribution in [2.75, 3.05) is 0 Å². The molecule has 122 valence electrons. The number of aromatic nitrogens is 1. The number of aliphatic carboxylic acids is 1. The average molecular weight is 320 g/mol. The van der Waals surface area contributed by atoms with Crippen molar-refractivity contribution in [2.24, 2.45) is 0 Å². The number of aromatic amines is 1. The highest BCUT2D eigenvalue weighted by atomic mass is 19.1. The molecule has 0 fully saturated rings. The molecule has 6 nitrogen and oxygen atoms in total. The van der Waals surface area contributed by atoms with E-state index in [1.807, 2.05) is 0 Å². The molecule has 0 aliphatic rings. The zero-order valence-electron chi connectivity index (χ0n) is 12.8. The standard InChI is InChI=1S/C16H17FN2O4/c1-16(2,6-5-14(21)22)19-15(23)11-8-13(20)18-12-4-3-9(17)7-10(11)12/h3-4,7-8H,5-6H2,1-2H3,(H,18,20)(H,19,23)(H,21,22). The van der Waals surface area contributed by atoms with Gasteiger partial charge in [-0.15, -0.1) is 0 Å². The van der Waals surface area contributed by atoms with Crippen LogP contribution in [-0.4, -0.2) is 27.5 Å². The molecule has 0 unspecified atom stereocenters. The van der Waals surface area contributed by atoms with E-state index in [-0.39, 0.29) is 23.8 Å². The van der Waals surface area contributed by atoms with Gasteiger partial charge in [0.25, 0.3) is 5.91 Å². The maximum atomic E-state index is 13.4. The predicted molar refractivity (Wildman–Crippen MR) is 82.9 cm³/mol. The third-order valence-corrected chi connectivity index (χ3v) is 3.47. The molecular formula is C16H17FN2O4. The van der Waals surface area contributed by atoms with Gasteiger partial charge in [0.15, 0.2) is 0 Å². The summed E-state index contributed by atoms with van der Waals surface area (Å²) in [6, 6.07) is 4.85. The molecular weight excluding hydrogens is 303 g/mol. The number of amides is 1. The average Bonchev–Trinajstić information content (AvgIpc) is 2.44. The van der Waals surface area contributed by atoms with Crippen LogP contribution >= 0.6 is 0 Å². The Labute approximate surface area is 131 Å². The molecule has 0 spiro atoms. The molecule has 0 saturated heterocycles. The largest absolute Gasteiger partial charge is 0.481 e. The van der Waals surface area contributed by atoms with Crippen LogP contribution in [-0.2, 0) is 4.79 Å². The normalized spacial score (nSPS) is 11.4. The van der Waals surface area contributed by atoms with Crippen molar-refractivity contribution in [3.8, 4) is 0 Å². The molecule has 2 aromatic rings. The van der Waals surface area contributed by atoms with Crippen molar-refractivity contribution in [3.63, 3.8) is 0 Å². The molecule has 3 N–H and O–H groups in total. The Morgan fingerprint density at radius 3 is 2.65 bits per heavy atom. The van der Waals surface area contributed by atoms with Gasteiger partial charge in [-0.3, -0.25) is 14.4 Å². The molecule has 2 rings (SSSR count). The smallest absolute Gasteiger partial charge is 0.303 e. The van der Waals surface area contributed by atoms with Gasteiger partial charge >= 0.3 is 5.97 Å². The van der Waals surface area contributed by atoms with E-state index >= 15 is 0 Å². The summed E-state index contributed by atoms with van der Waals surface area (Å²) in [4.78, 5) is 37.3. The van der Waals surface area contributed by atoms with E-state index in [0.29, 0.717) is 5.52 Å². The molecule has 7 heteroatoms. The summed E-state index contributed by atoms with van der Waals surface area (Å²) in [6.45, 7) is 3.37. The van der Waals surface area contributed by atoms with Gasteiger partial charge in [-0.25, -0.2) is 4.39 Å². The maximum absolute atomic E-state index is 13.4. The highest BCUT2D eigenvalue weighted by Gasteiger charge is 2.23. The Morgan fingerprint density at radius 1 is 1.30 bits per heavy atom. The summed E-state index contributed by atoms with van der Waals surface area (Å²) >= 11 is 0.